The molecule has 5 rings (SSSR count). The zero-order chi connectivity index (χ0) is 31.1. The fourth-order valence-corrected chi connectivity index (χ4v) is 7.30. The van der Waals surface area contributed by atoms with Gasteiger partial charge in [0.1, 0.15) is 18.6 Å². The number of amides is 1. The van der Waals surface area contributed by atoms with Crippen molar-refractivity contribution in [3.05, 3.63) is 76.6 Å². The third kappa shape index (κ3) is 6.76. The summed E-state index contributed by atoms with van der Waals surface area (Å²) in [6.45, 7) is 3.45. The van der Waals surface area contributed by atoms with Crippen molar-refractivity contribution in [3.63, 3.8) is 0 Å². The number of anilines is 1. The Morgan fingerprint density at radius 3 is 2.53 bits per heavy atom. The van der Waals surface area contributed by atoms with Crippen LogP contribution in [0.1, 0.15) is 31.0 Å². The molecule has 3 heterocycles. The van der Waals surface area contributed by atoms with Crippen LogP contribution in [0, 0.1) is 17.5 Å². The van der Waals surface area contributed by atoms with Crippen LogP contribution in [0.15, 0.2) is 48.0 Å². The molecule has 0 aliphatic carbocycles. The summed E-state index contributed by atoms with van der Waals surface area (Å²) in [4.78, 5) is 35.0. The first kappa shape index (κ1) is 31.5. The number of ether oxygens (including phenoxy) is 3. The molecule has 2 N–H and O–H groups in total. The van der Waals surface area contributed by atoms with Gasteiger partial charge >= 0.3 is 7.82 Å². The van der Waals surface area contributed by atoms with Gasteiger partial charge in [-0.15, -0.1) is 0 Å². The highest BCUT2D eigenvalue weighted by Gasteiger charge is 2.45. The maximum atomic E-state index is 14.1. The quantitative estimate of drug-likeness (QED) is 0.138. The molecule has 3 aliphatic rings. The number of fused-ring (bicyclic) bond motifs is 1. The number of rotatable bonds is 7. The number of nitrogens with zero attached hydrogens (tertiary/aromatic N) is 3. The highest BCUT2D eigenvalue weighted by Crippen LogP contribution is 2.40. The van der Waals surface area contributed by atoms with Crippen molar-refractivity contribution in [2.45, 2.75) is 32.0 Å². The Morgan fingerprint density at radius 1 is 1.16 bits per heavy atom. The van der Waals surface area contributed by atoms with E-state index in [1.165, 1.54) is 12.0 Å². The molecule has 0 unspecified atom stereocenters. The lowest BCUT2D eigenvalue weighted by molar-refractivity contribution is -0.166. The number of hydrogen-bond acceptors (Lipinski definition) is 8. The first-order valence-corrected chi connectivity index (χ1v) is 16.6. The predicted molar refractivity (Wildman–Crippen MR) is 158 cm³/mol. The highest BCUT2D eigenvalue weighted by molar-refractivity contribution is 14.2. The second-order valence-corrected chi connectivity index (χ2v) is 13.4. The zero-order valence-electron chi connectivity index (χ0n) is 23.1. The van der Waals surface area contributed by atoms with Crippen LogP contribution in [0.25, 0.3) is 6.08 Å². The Labute approximate surface area is 255 Å². The van der Waals surface area contributed by atoms with E-state index in [0.717, 1.165) is 17.8 Å². The zero-order valence-corrected chi connectivity index (χ0v) is 26.2. The minimum absolute atomic E-state index is 0.0142. The van der Waals surface area contributed by atoms with Gasteiger partial charge in [-0.05, 0) is 55.3 Å². The van der Waals surface area contributed by atoms with Crippen molar-refractivity contribution in [1.82, 2.24) is 8.01 Å². The lowest BCUT2D eigenvalue weighted by Crippen LogP contribution is -2.59. The van der Waals surface area contributed by atoms with Crippen molar-refractivity contribution < 1.29 is 51.1 Å². The second kappa shape index (κ2) is 12.6. The molecule has 0 radical (unpaired) electrons. The smallest absolute Gasteiger partial charge is 0.471 e. The summed E-state index contributed by atoms with van der Waals surface area (Å²) in [5.41, 5.74) is 2.09. The Kier molecular flexibility index (Phi) is 9.20. The first-order chi connectivity index (χ1) is 20.4. The van der Waals surface area contributed by atoms with Crippen molar-refractivity contribution in [1.29, 1.82) is 0 Å². The first-order valence-electron chi connectivity index (χ1n) is 12.9. The number of halogens is 4. The molecule has 0 aromatic heterocycles. The molecule has 0 saturated carbocycles. The van der Waals surface area contributed by atoms with Crippen LogP contribution in [0.5, 0.6) is 5.75 Å². The normalized spacial score (nSPS) is 23.5. The van der Waals surface area contributed by atoms with Crippen LogP contribution in [0.3, 0.4) is 0 Å². The molecule has 232 valence electrons. The molecule has 1 amide bonds. The molecule has 0 spiro atoms. The summed E-state index contributed by atoms with van der Waals surface area (Å²) < 4.78 is 78.3. The minimum Gasteiger partial charge on any atom is -0.495 e. The number of carbonyl (C=O) groups is 1. The van der Waals surface area contributed by atoms with E-state index in [4.69, 9.17) is 24.0 Å². The largest absolute Gasteiger partial charge is 0.495 e. The van der Waals surface area contributed by atoms with Gasteiger partial charge in [-0.3, -0.25) is 12.4 Å². The number of hydrogen-bond donors (Lipinski definition) is 2. The number of allylic oxidation sites excluding steroid dienone is 1. The van der Waals surface area contributed by atoms with Gasteiger partial charge in [0.15, 0.2) is 23.2 Å². The van der Waals surface area contributed by atoms with Crippen molar-refractivity contribution in [2.24, 2.45) is 0 Å². The molecule has 16 heteroatoms. The van der Waals surface area contributed by atoms with E-state index < -0.39 is 70.4 Å². The summed E-state index contributed by atoms with van der Waals surface area (Å²) in [6, 6.07) is 5.62. The monoisotopic (exact) mass is 737 g/mol. The van der Waals surface area contributed by atoms with Crippen LogP contribution in [0.4, 0.5) is 18.9 Å². The van der Waals surface area contributed by atoms with Gasteiger partial charge in [-0.2, -0.15) is 0 Å². The number of benzene rings is 2. The van der Waals surface area contributed by atoms with E-state index in [-0.39, 0.29) is 31.3 Å². The molecule has 3 atom stereocenters. The van der Waals surface area contributed by atoms with Crippen LogP contribution >= 0.6 is 28.8 Å². The van der Waals surface area contributed by atoms with Crippen LogP contribution in [-0.4, -0.2) is 67.0 Å². The molecule has 2 fully saturated rings. The minimum atomic E-state index is -4.60. The Morgan fingerprint density at radius 2 is 1.88 bits per heavy atom. The van der Waals surface area contributed by atoms with E-state index >= 15 is 0 Å². The van der Waals surface area contributed by atoms with E-state index in [2.05, 4.69) is 4.52 Å². The molecular formula is C27H28F3IN3O8P. The van der Waals surface area contributed by atoms with E-state index in [9.17, 15) is 22.5 Å². The molecule has 3 aliphatic heterocycles. The van der Waals surface area contributed by atoms with E-state index in [0.29, 0.717) is 17.0 Å². The topological polar surface area (TPSA) is 121 Å². The average molecular weight is 737 g/mol. The number of morpholine rings is 2. The summed E-state index contributed by atoms with van der Waals surface area (Å²) >= 11 is -0.820. The predicted octanol–water partition coefficient (Wildman–Crippen LogP) is 4.54. The van der Waals surface area contributed by atoms with Gasteiger partial charge in [-0.1, -0.05) is 6.07 Å². The summed E-state index contributed by atoms with van der Waals surface area (Å²) in [6.07, 6.45) is 2.81. The summed E-state index contributed by atoms with van der Waals surface area (Å²) in [7, 11) is -3.10. The van der Waals surface area contributed by atoms with Crippen molar-refractivity contribution in [2.75, 3.05) is 32.0 Å². The third-order valence-electron chi connectivity index (χ3n) is 7.04. The third-order valence-corrected chi connectivity index (χ3v) is 10.1. The maximum Gasteiger partial charge on any atom is 0.471 e. The maximum absolute atomic E-state index is 14.1. The average Bonchev–Trinajstić information content (AvgIpc) is 2.96. The van der Waals surface area contributed by atoms with Gasteiger partial charge in [0, 0.05) is 32.9 Å². The Hall–Kier alpha value is -2.95. The number of phosphoric acid groups is 1. The Bertz CT molecular complexity index is 1540. The molecule has 2 aromatic rings. The lowest BCUT2D eigenvalue weighted by Gasteiger charge is -2.47. The van der Waals surface area contributed by atoms with Gasteiger partial charge in [-0.25, -0.2) is 17.7 Å². The fraction of sp³-hybridized carbons (Fsp3) is 0.333. The van der Waals surface area contributed by atoms with E-state index in [1.807, 2.05) is 9.04 Å². The molecule has 11 nitrogen and oxygen atoms in total. The van der Waals surface area contributed by atoms with Crippen molar-refractivity contribution in [3.8, 4) is 5.75 Å². The van der Waals surface area contributed by atoms with Gasteiger partial charge in [0.2, 0.25) is 0 Å². The van der Waals surface area contributed by atoms with Gasteiger partial charge in [0.05, 0.1) is 42.2 Å². The number of carbonyl (C=O) groups excluding carboxylic acids is 1. The van der Waals surface area contributed by atoms with Crippen LogP contribution in [0.2, 0.25) is 0 Å². The summed E-state index contributed by atoms with van der Waals surface area (Å²) in [5, 5.41) is 0. The van der Waals surface area contributed by atoms with Gasteiger partial charge < -0.3 is 33.8 Å². The highest BCUT2D eigenvalue weighted by atomic mass is 127. The number of phosphoric ester groups is 1. The second-order valence-electron chi connectivity index (χ2n) is 9.88. The molecule has 43 heavy (non-hydrogen) atoms. The molecule has 2 saturated heterocycles. The fourth-order valence-electron chi connectivity index (χ4n) is 4.92. The van der Waals surface area contributed by atoms with Crippen LogP contribution in [-0.2, 0) is 23.4 Å². The molecule has 0 bridgehead atoms. The molecular weight excluding hydrogens is 709 g/mol. The number of methoxy groups -OCH3 is 1. The Balaban J connectivity index is 1.40. The standard InChI is InChI=1S/C27H28F3IN3O8P/c1-15-10-32(13-31-33(15)14-41-43(36,37)38)21-5-4-17(6-24(21)39-3)7-25-27(35)34-22(16(2)42-25)11-40-12-23(34)18-8-19(28)26(30)20(29)9-18/h4-10,13,16,22-23H,11-12,14H2,1-3H3,(H2,36,37,38)/b25-7-/t16-,22+,23-/m0/s1. The van der Waals surface area contributed by atoms with Crippen molar-refractivity contribution >= 4 is 50.6 Å². The summed E-state index contributed by atoms with van der Waals surface area (Å²) in [5.74, 6) is -4.30. The SMILES string of the molecule is COc1cc(/C=C2\O[C@@H](C)[C@H]3COC[C@@H](c4cc(F)c(F)c(F)c4)N3C2=O)ccc1N1C=IN(COP(=O)(O)O)C(C)=C1. The van der Waals surface area contributed by atoms with E-state index in [1.54, 1.807) is 47.4 Å². The molecule has 2 aromatic carbocycles. The lowest BCUT2D eigenvalue weighted by atomic mass is 9.97. The van der Waals surface area contributed by atoms with Gasteiger partial charge in [0.25, 0.3) is 5.91 Å². The van der Waals surface area contributed by atoms with Crippen LogP contribution < -0.4 is 9.64 Å².